The summed E-state index contributed by atoms with van der Waals surface area (Å²) in [5.74, 6) is 0.673. The van der Waals surface area contributed by atoms with Crippen molar-refractivity contribution in [3.63, 3.8) is 0 Å². The second kappa shape index (κ2) is 6.85. The lowest BCUT2D eigenvalue weighted by Crippen LogP contribution is -2.54. The van der Waals surface area contributed by atoms with Crippen molar-refractivity contribution in [2.45, 2.75) is 26.3 Å². The summed E-state index contributed by atoms with van der Waals surface area (Å²) in [4.78, 5) is 7.71. The van der Waals surface area contributed by atoms with E-state index < -0.39 is 0 Å². The molecule has 2 fully saturated rings. The molecule has 2 atom stereocenters. The summed E-state index contributed by atoms with van der Waals surface area (Å²) in [5, 5.41) is 0. The van der Waals surface area contributed by atoms with Gasteiger partial charge in [0.15, 0.2) is 0 Å². The Balaban J connectivity index is 1.77. The predicted molar refractivity (Wildman–Crippen MR) is 76.8 cm³/mol. The molecular weight excluding hydrogens is 224 g/mol. The van der Waals surface area contributed by atoms with Gasteiger partial charge in [0, 0.05) is 45.3 Å². The van der Waals surface area contributed by atoms with Crippen LogP contribution in [0.15, 0.2) is 0 Å². The first kappa shape index (κ1) is 14.3. The van der Waals surface area contributed by atoms with Crippen LogP contribution in [0.4, 0.5) is 0 Å². The van der Waals surface area contributed by atoms with Crippen LogP contribution in [0.2, 0.25) is 0 Å². The molecule has 0 spiro atoms. The van der Waals surface area contributed by atoms with Crippen molar-refractivity contribution in [1.82, 2.24) is 14.7 Å². The maximum Gasteiger partial charge on any atom is 0.0110 e. The molecule has 0 aliphatic carbocycles. The highest BCUT2D eigenvalue weighted by molar-refractivity contribution is 4.85. The topological polar surface area (TPSA) is 35.7 Å². The fourth-order valence-corrected chi connectivity index (χ4v) is 3.23. The van der Waals surface area contributed by atoms with E-state index in [0.717, 1.165) is 0 Å². The minimum absolute atomic E-state index is 0.414. The van der Waals surface area contributed by atoms with Crippen molar-refractivity contribution in [3.8, 4) is 0 Å². The molecule has 106 valence electrons. The van der Waals surface area contributed by atoms with E-state index in [-0.39, 0.29) is 0 Å². The van der Waals surface area contributed by atoms with Crippen LogP contribution in [0.25, 0.3) is 0 Å². The van der Waals surface area contributed by atoms with Crippen molar-refractivity contribution in [2.75, 3.05) is 58.9 Å². The fraction of sp³-hybridized carbons (Fsp3) is 1.00. The third-order valence-corrected chi connectivity index (χ3v) is 4.73. The first-order valence-electron chi connectivity index (χ1n) is 7.65. The van der Waals surface area contributed by atoms with Gasteiger partial charge in [-0.05, 0) is 32.0 Å². The Morgan fingerprint density at radius 2 is 1.50 bits per heavy atom. The zero-order valence-electron chi connectivity index (χ0n) is 12.1. The highest BCUT2D eigenvalue weighted by atomic mass is 15.3. The van der Waals surface area contributed by atoms with E-state index in [1.54, 1.807) is 0 Å². The zero-order valence-corrected chi connectivity index (χ0v) is 12.1. The van der Waals surface area contributed by atoms with Crippen LogP contribution in [0.3, 0.4) is 0 Å². The molecule has 2 aliphatic rings. The van der Waals surface area contributed by atoms with E-state index in [4.69, 9.17) is 5.73 Å². The lowest BCUT2D eigenvalue weighted by molar-refractivity contribution is 0.0845. The standard InChI is InChI=1S/C14H30N4/c1-3-16-7-9-18(10-8-16)12-13-11-17(4-2)6-5-14(13)15/h13-14H,3-12,15H2,1-2H3. The minimum atomic E-state index is 0.414. The van der Waals surface area contributed by atoms with Crippen LogP contribution in [-0.2, 0) is 0 Å². The van der Waals surface area contributed by atoms with Crippen molar-refractivity contribution >= 4 is 0 Å². The number of nitrogens with two attached hydrogens (primary N) is 1. The summed E-state index contributed by atoms with van der Waals surface area (Å²) in [6, 6.07) is 0.414. The number of rotatable bonds is 4. The van der Waals surface area contributed by atoms with Crippen LogP contribution >= 0.6 is 0 Å². The molecule has 2 heterocycles. The fourth-order valence-electron chi connectivity index (χ4n) is 3.23. The maximum absolute atomic E-state index is 6.30. The summed E-state index contributed by atoms with van der Waals surface area (Å²) in [6.07, 6.45) is 1.17. The van der Waals surface area contributed by atoms with Gasteiger partial charge < -0.3 is 20.4 Å². The Hall–Kier alpha value is -0.160. The molecule has 0 radical (unpaired) electrons. The summed E-state index contributed by atoms with van der Waals surface area (Å²) in [7, 11) is 0. The number of hydrogen-bond acceptors (Lipinski definition) is 4. The van der Waals surface area contributed by atoms with E-state index in [9.17, 15) is 0 Å². The lowest BCUT2D eigenvalue weighted by atomic mass is 9.92. The Bertz CT molecular complexity index is 238. The Labute approximate surface area is 112 Å². The third kappa shape index (κ3) is 3.67. The molecule has 4 nitrogen and oxygen atoms in total. The van der Waals surface area contributed by atoms with Crippen molar-refractivity contribution in [1.29, 1.82) is 0 Å². The molecule has 2 aliphatic heterocycles. The zero-order chi connectivity index (χ0) is 13.0. The predicted octanol–water partition coefficient (Wildman–Crippen LogP) is 0.293. The monoisotopic (exact) mass is 254 g/mol. The van der Waals surface area contributed by atoms with Gasteiger partial charge in [0.05, 0.1) is 0 Å². The Morgan fingerprint density at radius 3 is 2.11 bits per heavy atom. The number of nitrogens with zero attached hydrogens (tertiary/aromatic N) is 3. The van der Waals surface area contributed by atoms with Crippen LogP contribution in [-0.4, -0.2) is 79.6 Å². The normalized spacial score (nSPS) is 32.8. The second-order valence-electron chi connectivity index (χ2n) is 5.84. The number of likely N-dealkylation sites (N-methyl/N-ethyl adjacent to an activating group) is 1. The van der Waals surface area contributed by atoms with E-state index in [1.807, 2.05) is 0 Å². The quantitative estimate of drug-likeness (QED) is 0.782. The summed E-state index contributed by atoms with van der Waals surface area (Å²) in [6.45, 7) is 15.4. The highest BCUT2D eigenvalue weighted by Gasteiger charge is 2.28. The minimum Gasteiger partial charge on any atom is -0.327 e. The van der Waals surface area contributed by atoms with Crippen LogP contribution < -0.4 is 5.73 Å². The SMILES string of the molecule is CCN1CCN(CC2CN(CC)CCC2N)CC1. The maximum atomic E-state index is 6.30. The molecule has 2 unspecified atom stereocenters. The van der Waals surface area contributed by atoms with E-state index in [0.29, 0.717) is 12.0 Å². The van der Waals surface area contributed by atoms with Crippen molar-refractivity contribution < 1.29 is 0 Å². The molecule has 18 heavy (non-hydrogen) atoms. The van der Waals surface area contributed by atoms with E-state index in [1.165, 1.54) is 65.3 Å². The molecule has 4 heteroatoms. The van der Waals surface area contributed by atoms with Gasteiger partial charge >= 0.3 is 0 Å². The molecule has 0 saturated carbocycles. The molecule has 0 aromatic carbocycles. The number of piperidine rings is 1. The lowest BCUT2D eigenvalue weighted by Gasteiger charge is -2.41. The van der Waals surface area contributed by atoms with Gasteiger partial charge in [0.1, 0.15) is 0 Å². The average molecular weight is 254 g/mol. The summed E-state index contributed by atoms with van der Waals surface area (Å²) < 4.78 is 0. The van der Waals surface area contributed by atoms with Gasteiger partial charge in [-0.15, -0.1) is 0 Å². The summed E-state index contributed by atoms with van der Waals surface area (Å²) >= 11 is 0. The highest BCUT2D eigenvalue weighted by Crippen LogP contribution is 2.17. The van der Waals surface area contributed by atoms with Crippen LogP contribution in [0.5, 0.6) is 0 Å². The van der Waals surface area contributed by atoms with Gasteiger partial charge in [-0.25, -0.2) is 0 Å². The van der Waals surface area contributed by atoms with Crippen molar-refractivity contribution in [3.05, 3.63) is 0 Å². The van der Waals surface area contributed by atoms with Gasteiger partial charge in [0.2, 0.25) is 0 Å². The molecule has 2 N–H and O–H groups in total. The Kier molecular flexibility index (Phi) is 5.42. The van der Waals surface area contributed by atoms with Crippen LogP contribution in [0.1, 0.15) is 20.3 Å². The summed E-state index contributed by atoms with van der Waals surface area (Å²) in [5.41, 5.74) is 6.30. The third-order valence-electron chi connectivity index (χ3n) is 4.73. The largest absolute Gasteiger partial charge is 0.327 e. The average Bonchev–Trinajstić information content (AvgIpc) is 2.42. The van der Waals surface area contributed by atoms with Gasteiger partial charge in [-0.2, -0.15) is 0 Å². The first-order valence-corrected chi connectivity index (χ1v) is 7.65. The number of likely N-dealkylation sites (tertiary alicyclic amines) is 1. The number of piperazine rings is 1. The number of hydrogen-bond donors (Lipinski definition) is 1. The van der Waals surface area contributed by atoms with Gasteiger partial charge in [-0.1, -0.05) is 13.8 Å². The van der Waals surface area contributed by atoms with Gasteiger partial charge in [-0.3, -0.25) is 0 Å². The van der Waals surface area contributed by atoms with Crippen molar-refractivity contribution in [2.24, 2.45) is 11.7 Å². The molecule has 2 rings (SSSR count). The molecule has 0 bridgehead atoms. The molecular formula is C14H30N4. The smallest absolute Gasteiger partial charge is 0.0110 e. The molecule has 0 aromatic rings. The molecule has 2 saturated heterocycles. The Morgan fingerprint density at radius 1 is 0.889 bits per heavy atom. The first-order chi connectivity index (χ1) is 8.72. The van der Waals surface area contributed by atoms with Crippen LogP contribution in [0, 0.1) is 5.92 Å². The van der Waals surface area contributed by atoms with E-state index >= 15 is 0 Å². The molecule has 0 aromatic heterocycles. The molecule has 0 amide bonds. The second-order valence-corrected chi connectivity index (χ2v) is 5.84. The van der Waals surface area contributed by atoms with E-state index in [2.05, 4.69) is 28.5 Å². The van der Waals surface area contributed by atoms with Gasteiger partial charge in [0.25, 0.3) is 0 Å².